The first-order chi connectivity index (χ1) is 11.0. The Morgan fingerprint density at radius 1 is 1.30 bits per heavy atom. The smallest absolute Gasteiger partial charge is 0.340 e. The van der Waals surface area contributed by atoms with Crippen molar-refractivity contribution in [3.05, 3.63) is 35.5 Å². The highest BCUT2D eigenvalue weighted by Crippen LogP contribution is 2.32. The van der Waals surface area contributed by atoms with E-state index in [1.807, 2.05) is 42.7 Å². The summed E-state index contributed by atoms with van der Waals surface area (Å²) in [7, 11) is 1.37. The number of aromatic nitrogens is 1. The van der Waals surface area contributed by atoms with Gasteiger partial charge in [0.1, 0.15) is 13.2 Å². The lowest BCUT2D eigenvalue weighted by atomic mass is 10.1. The van der Waals surface area contributed by atoms with Crippen molar-refractivity contribution < 1.29 is 23.8 Å². The van der Waals surface area contributed by atoms with Crippen LogP contribution in [0, 0.1) is 6.92 Å². The Balaban J connectivity index is 2.08. The average molecular weight is 317 g/mol. The summed E-state index contributed by atoms with van der Waals surface area (Å²) in [5.74, 6) is -0.442. The minimum atomic E-state index is -0.535. The molecule has 6 nitrogen and oxygen atoms in total. The molecule has 6 heteroatoms. The second-order valence-corrected chi connectivity index (χ2v) is 5.61. The van der Waals surface area contributed by atoms with Gasteiger partial charge in [-0.3, -0.25) is 4.79 Å². The normalized spacial score (nSPS) is 17.4. The van der Waals surface area contributed by atoms with E-state index in [-0.39, 0.29) is 31.0 Å². The maximum absolute atomic E-state index is 12.2. The second-order valence-electron chi connectivity index (χ2n) is 5.61. The number of ether oxygens (including phenoxy) is 3. The molecule has 0 N–H and O–H groups in total. The lowest BCUT2D eigenvalue weighted by Gasteiger charge is -2.30. The number of nitrogens with zero attached hydrogens (tertiary/aromatic N) is 1. The predicted molar refractivity (Wildman–Crippen MR) is 83.4 cm³/mol. The van der Waals surface area contributed by atoms with E-state index in [0.29, 0.717) is 5.56 Å². The number of Topliss-reactive ketones (excluding diaryl/α,β-unsaturated/α-hetero) is 1. The minimum absolute atomic E-state index is 0.0527. The maximum atomic E-state index is 12.2. The number of carbonyl (C=O) groups excluding carboxylic acids is 2. The van der Waals surface area contributed by atoms with Crippen LogP contribution in [0.15, 0.2) is 24.3 Å². The zero-order valence-electron chi connectivity index (χ0n) is 13.4. The van der Waals surface area contributed by atoms with Gasteiger partial charge in [0.2, 0.25) is 0 Å². The molecule has 1 saturated heterocycles. The third-order valence-corrected chi connectivity index (χ3v) is 4.16. The van der Waals surface area contributed by atoms with Gasteiger partial charge < -0.3 is 18.8 Å². The van der Waals surface area contributed by atoms with Gasteiger partial charge in [-0.1, -0.05) is 18.2 Å². The summed E-state index contributed by atoms with van der Waals surface area (Å²) in [5.41, 5.74) is 2.23. The van der Waals surface area contributed by atoms with Crippen LogP contribution >= 0.6 is 0 Å². The van der Waals surface area contributed by atoms with Crippen molar-refractivity contribution in [3.63, 3.8) is 0 Å². The summed E-state index contributed by atoms with van der Waals surface area (Å²) in [5, 5.41) is 0.829. The number of hydrogen-bond donors (Lipinski definition) is 0. The maximum Gasteiger partial charge on any atom is 0.340 e. The van der Waals surface area contributed by atoms with Gasteiger partial charge in [0.15, 0.2) is 12.1 Å². The number of hydrogen-bond acceptors (Lipinski definition) is 5. The van der Waals surface area contributed by atoms with Gasteiger partial charge in [-0.25, -0.2) is 4.79 Å². The van der Waals surface area contributed by atoms with Crippen LogP contribution in [0.1, 0.15) is 29.0 Å². The van der Waals surface area contributed by atoms with Gasteiger partial charge in [-0.05, 0) is 19.9 Å². The molecule has 1 fully saturated rings. The van der Waals surface area contributed by atoms with Crippen LogP contribution in [0.3, 0.4) is 0 Å². The Labute approximate surface area is 133 Å². The summed E-state index contributed by atoms with van der Waals surface area (Å²) in [6.07, 6.45) is -0.535. The predicted octanol–water partition coefficient (Wildman–Crippen LogP) is 2.24. The van der Waals surface area contributed by atoms with Crippen LogP contribution in [-0.4, -0.2) is 42.9 Å². The fourth-order valence-electron chi connectivity index (χ4n) is 3.12. The molecule has 0 saturated carbocycles. The number of para-hydroxylation sites is 1. The van der Waals surface area contributed by atoms with Gasteiger partial charge in [-0.2, -0.15) is 0 Å². The third kappa shape index (κ3) is 2.64. The first kappa shape index (κ1) is 15.7. The van der Waals surface area contributed by atoms with Gasteiger partial charge in [0.25, 0.3) is 0 Å². The molecule has 0 bridgehead atoms. The quantitative estimate of drug-likeness (QED) is 0.812. The molecule has 1 aromatic carbocycles. The minimum Gasteiger partial charge on any atom is -0.465 e. The monoisotopic (exact) mass is 317 g/mol. The zero-order valence-corrected chi connectivity index (χ0v) is 13.4. The summed E-state index contributed by atoms with van der Waals surface area (Å²) >= 11 is 0. The summed E-state index contributed by atoms with van der Waals surface area (Å²) in [6.45, 7) is 3.92. The van der Waals surface area contributed by atoms with Crippen LogP contribution in [-0.2, 0) is 19.0 Å². The van der Waals surface area contributed by atoms with Gasteiger partial charge >= 0.3 is 5.97 Å². The second kappa shape index (κ2) is 6.14. The zero-order chi connectivity index (χ0) is 16.6. The van der Waals surface area contributed by atoms with E-state index in [1.165, 1.54) is 7.11 Å². The number of ketones is 1. The van der Waals surface area contributed by atoms with Crippen molar-refractivity contribution in [1.82, 2.24) is 4.57 Å². The van der Waals surface area contributed by atoms with Gasteiger partial charge in [-0.15, -0.1) is 0 Å². The molecule has 0 spiro atoms. The Hall–Kier alpha value is -2.18. The molecular weight excluding hydrogens is 298 g/mol. The molecule has 0 aliphatic carbocycles. The van der Waals surface area contributed by atoms with Crippen LogP contribution in [0.4, 0.5) is 0 Å². The molecule has 1 aliphatic rings. The fraction of sp³-hybridized carbons (Fsp3) is 0.412. The van der Waals surface area contributed by atoms with Gasteiger partial charge in [0.05, 0.1) is 18.7 Å². The van der Waals surface area contributed by atoms with Crippen molar-refractivity contribution in [1.29, 1.82) is 0 Å². The lowest BCUT2D eigenvalue weighted by molar-refractivity contribution is -0.198. The van der Waals surface area contributed by atoms with Crippen molar-refractivity contribution in [2.75, 3.05) is 20.3 Å². The average Bonchev–Trinajstić information content (AvgIpc) is 2.86. The van der Waals surface area contributed by atoms with E-state index in [9.17, 15) is 9.59 Å². The molecule has 0 amide bonds. The number of esters is 1. The van der Waals surface area contributed by atoms with E-state index in [0.717, 1.165) is 16.6 Å². The standard InChI is InChI=1S/C17H19NO5/c1-10-15(16(20)21-3)13-6-4-5-7-14(13)18(10)11(2)17-22-8-12(19)9-23-17/h4-7,11,17H,8-9H2,1-3H3/t11-/m1/s1. The van der Waals surface area contributed by atoms with Crippen molar-refractivity contribution in [3.8, 4) is 0 Å². The number of rotatable bonds is 3. The topological polar surface area (TPSA) is 66.8 Å². The van der Waals surface area contributed by atoms with E-state index in [1.54, 1.807) is 0 Å². The Morgan fingerprint density at radius 2 is 1.96 bits per heavy atom. The highest BCUT2D eigenvalue weighted by molar-refractivity contribution is 6.05. The molecule has 3 rings (SSSR count). The highest BCUT2D eigenvalue weighted by Gasteiger charge is 2.30. The summed E-state index contributed by atoms with van der Waals surface area (Å²) < 4.78 is 17.9. The van der Waals surface area contributed by atoms with E-state index < -0.39 is 6.29 Å². The summed E-state index contributed by atoms with van der Waals surface area (Å²) in [4.78, 5) is 23.4. The Morgan fingerprint density at radius 3 is 2.61 bits per heavy atom. The number of carbonyl (C=O) groups is 2. The number of benzene rings is 1. The molecule has 0 radical (unpaired) electrons. The molecular formula is C17H19NO5. The summed E-state index contributed by atoms with van der Waals surface area (Å²) in [6, 6.07) is 7.45. The number of methoxy groups -OCH3 is 1. The third-order valence-electron chi connectivity index (χ3n) is 4.16. The molecule has 2 heterocycles. The molecule has 2 aromatic rings. The number of fused-ring (bicyclic) bond motifs is 1. The highest BCUT2D eigenvalue weighted by atomic mass is 16.7. The Kier molecular flexibility index (Phi) is 4.19. The van der Waals surface area contributed by atoms with Gasteiger partial charge in [0, 0.05) is 16.6 Å². The van der Waals surface area contributed by atoms with Crippen LogP contribution < -0.4 is 0 Å². The van der Waals surface area contributed by atoms with E-state index in [4.69, 9.17) is 14.2 Å². The van der Waals surface area contributed by atoms with E-state index in [2.05, 4.69) is 0 Å². The Bertz CT molecular complexity index is 754. The van der Waals surface area contributed by atoms with E-state index >= 15 is 0 Å². The molecule has 1 atom stereocenters. The first-order valence-electron chi connectivity index (χ1n) is 7.47. The van der Waals surface area contributed by atoms with Crippen molar-refractivity contribution in [2.24, 2.45) is 0 Å². The van der Waals surface area contributed by atoms with Crippen LogP contribution in [0.5, 0.6) is 0 Å². The largest absolute Gasteiger partial charge is 0.465 e. The molecule has 0 unspecified atom stereocenters. The SMILES string of the molecule is COC(=O)c1c(C)n([C@H](C)C2OCC(=O)CO2)c2ccccc12. The van der Waals surface area contributed by atoms with Crippen molar-refractivity contribution >= 4 is 22.7 Å². The molecule has 23 heavy (non-hydrogen) atoms. The lowest BCUT2D eigenvalue weighted by Crippen LogP contribution is -2.37. The van der Waals surface area contributed by atoms with Crippen LogP contribution in [0.25, 0.3) is 10.9 Å². The molecule has 122 valence electrons. The van der Waals surface area contributed by atoms with Crippen molar-refractivity contribution in [2.45, 2.75) is 26.2 Å². The van der Waals surface area contributed by atoms with Crippen LogP contribution in [0.2, 0.25) is 0 Å². The molecule has 1 aliphatic heterocycles. The molecule has 1 aromatic heterocycles. The fourth-order valence-corrected chi connectivity index (χ4v) is 3.12. The first-order valence-corrected chi connectivity index (χ1v) is 7.47.